The van der Waals surface area contributed by atoms with E-state index in [0.29, 0.717) is 5.69 Å². The van der Waals surface area contributed by atoms with E-state index >= 15 is 0 Å². The zero-order chi connectivity index (χ0) is 20.7. The van der Waals surface area contributed by atoms with Crippen LogP contribution in [0.15, 0.2) is 47.1 Å². The monoisotopic (exact) mass is 386 g/mol. The number of anilines is 1. The third-order valence-corrected chi connectivity index (χ3v) is 4.24. The molecule has 7 heteroatoms. The van der Waals surface area contributed by atoms with E-state index in [0.717, 1.165) is 12.0 Å². The molecule has 2 atom stereocenters. The molecule has 28 heavy (non-hydrogen) atoms. The molecule has 1 aromatic heterocycles. The molecule has 2 rings (SSSR count). The Morgan fingerprint density at radius 3 is 2.29 bits per heavy atom. The number of aryl methyl sites for hydroxylation is 1. The van der Waals surface area contributed by atoms with Gasteiger partial charge in [-0.05, 0) is 49.1 Å². The van der Waals surface area contributed by atoms with Crippen LogP contribution in [0.1, 0.15) is 43.8 Å². The minimum atomic E-state index is -1.01. The Hall–Kier alpha value is -3.09. The van der Waals surface area contributed by atoms with Crippen molar-refractivity contribution in [2.24, 2.45) is 5.92 Å². The highest BCUT2D eigenvalue weighted by Gasteiger charge is 2.29. The van der Waals surface area contributed by atoms with Crippen molar-refractivity contribution >= 4 is 23.5 Å². The number of esters is 1. The van der Waals surface area contributed by atoms with Crippen molar-refractivity contribution in [2.75, 3.05) is 5.32 Å². The Morgan fingerprint density at radius 2 is 1.75 bits per heavy atom. The van der Waals surface area contributed by atoms with E-state index in [-0.39, 0.29) is 11.7 Å². The number of carbonyl (C=O) groups excluding carboxylic acids is 3. The molecule has 1 aromatic carbocycles. The SMILES string of the molecule is CCc1ccc(NC(=O)[C@@H](C)OC(=O)[C@@H](NC(=O)c2ccco2)C(C)C)cc1. The van der Waals surface area contributed by atoms with Crippen LogP contribution >= 0.6 is 0 Å². The summed E-state index contributed by atoms with van der Waals surface area (Å²) in [6, 6.07) is 9.61. The molecule has 150 valence electrons. The van der Waals surface area contributed by atoms with Crippen LogP contribution < -0.4 is 10.6 Å². The van der Waals surface area contributed by atoms with Crippen molar-refractivity contribution in [1.29, 1.82) is 0 Å². The van der Waals surface area contributed by atoms with E-state index in [1.807, 2.05) is 19.1 Å². The highest BCUT2D eigenvalue weighted by atomic mass is 16.5. The largest absolute Gasteiger partial charge is 0.459 e. The van der Waals surface area contributed by atoms with Gasteiger partial charge in [0, 0.05) is 5.69 Å². The van der Waals surface area contributed by atoms with Crippen molar-refractivity contribution < 1.29 is 23.5 Å². The van der Waals surface area contributed by atoms with Crippen molar-refractivity contribution in [2.45, 2.75) is 46.3 Å². The van der Waals surface area contributed by atoms with E-state index < -0.39 is 29.9 Å². The lowest BCUT2D eigenvalue weighted by Gasteiger charge is -2.22. The summed E-state index contributed by atoms with van der Waals surface area (Å²) in [7, 11) is 0. The molecular weight excluding hydrogens is 360 g/mol. The van der Waals surface area contributed by atoms with Gasteiger partial charge in [-0.1, -0.05) is 32.9 Å². The minimum Gasteiger partial charge on any atom is -0.459 e. The highest BCUT2D eigenvalue weighted by molar-refractivity contribution is 5.97. The summed E-state index contributed by atoms with van der Waals surface area (Å²) >= 11 is 0. The summed E-state index contributed by atoms with van der Waals surface area (Å²) in [6.07, 6.45) is 1.26. The maximum atomic E-state index is 12.5. The van der Waals surface area contributed by atoms with Crippen molar-refractivity contribution in [3.63, 3.8) is 0 Å². The number of hydrogen-bond donors (Lipinski definition) is 2. The highest BCUT2D eigenvalue weighted by Crippen LogP contribution is 2.12. The fourth-order valence-corrected chi connectivity index (χ4v) is 2.49. The molecule has 0 spiro atoms. The van der Waals surface area contributed by atoms with Gasteiger partial charge in [0.15, 0.2) is 11.9 Å². The molecule has 2 aromatic rings. The minimum absolute atomic E-state index is 0.0970. The molecule has 0 unspecified atom stereocenters. The van der Waals surface area contributed by atoms with Gasteiger partial charge in [0.25, 0.3) is 11.8 Å². The number of ether oxygens (including phenoxy) is 1. The second kappa shape index (κ2) is 9.73. The predicted octanol–water partition coefficient (Wildman–Crippen LogP) is 3.17. The van der Waals surface area contributed by atoms with Gasteiger partial charge in [-0.2, -0.15) is 0 Å². The van der Waals surface area contributed by atoms with Gasteiger partial charge in [0.05, 0.1) is 6.26 Å². The molecule has 1 heterocycles. The van der Waals surface area contributed by atoms with Crippen molar-refractivity contribution in [1.82, 2.24) is 5.32 Å². The number of carbonyl (C=O) groups is 3. The third-order valence-electron chi connectivity index (χ3n) is 4.24. The molecule has 0 fully saturated rings. The number of hydrogen-bond acceptors (Lipinski definition) is 5. The topological polar surface area (TPSA) is 97.6 Å². The van der Waals surface area contributed by atoms with E-state index in [2.05, 4.69) is 10.6 Å². The Kier molecular flexibility index (Phi) is 7.37. The van der Waals surface area contributed by atoms with Crippen LogP contribution in [0, 0.1) is 5.92 Å². The molecule has 0 radical (unpaired) electrons. The molecule has 0 aliphatic carbocycles. The Morgan fingerprint density at radius 1 is 1.07 bits per heavy atom. The molecule has 0 aliphatic rings. The maximum Gasteiger partial charge on any atom is 0.329 e. The number of furan rings is 1. The summed E-state index contributed by atoms with van der Waals surface area (Å²) in [5.74, 6) is -1.78. The summed E-state index contributed by atoms with van der Waals surface area (Å²) in [5, 5.41) is 5.30. The van der Waals surface area contributed by atoms with Gasteiger partial charge in [-0.25, -0.2) is 4.79 Å². The quantitative estimate of drug-likeness (QED) is 0.679. The average Bonchev–Trinajstić information content (AvgIpc) is 3.21. The zero-order valence-electron chi connectivity index (χ0n) is 16.5. The van der Waals surface area contributed by atoms with Crippen LogP contribution in [0.2, 0.25) is 0 Å². The Balaban J connectivity index is 1.95. The van der Waals surface area contributed by atoms with E-state index in [1.165, 1.54) is 19.3 Å². The smallest absolute Gasteiger partial charge is 0.329 e. The van der Waals surface area contributed by atoms with Gasteiger partial charge >= 0.3 is 5.97 Å². The molecule has 0 aliphatic heterocycles. The molecule has 2 N–H and O–H groups in total. The van der Waals surface area contributed by atoms with Crippen LogP contribution in [-0.4, -0.2) is 29.9 Å². The normalized spacial score (nSPS) is 12.9. The van der Waals surface area contributed by atoms with Crippen molar-refractivity contribution in [3.8, 4) is 0 Å². The molecule has 0 saturated carbocycles. The first kappa shape index (κ1) is 21.2. The van der Waals surface area contributed by atoms with Crippen LogP contribution in [0.4, 0.5) is 5.69 Å². The first-order valence-corrected chi connectivity index (χ1v) is 9.26. The maximum absolute atomic E-state index is 12.5. The lowest BCUT2D eigenvalue weighted by atomic mass is 10.0. The van der Waals surface area contributed by atoms with Gasteiger partial charge in [-0.3, -0.25) is 9.59 Å². The molecule has 0 saturated heterocycles. The fourth-order valence-electron chi connectivity index (χ4n) is 2.49. The van der Waals surface area contributed by atoms with Crippen LogP contribution in [0.3, 0.4) is 0 Å². The van der Waals surface area contributed by atoms with E-state index in [9.17, 15) is 14.4 Å². The van der Waals surface area contributed by atoms with Gasteiger partial charge < -0.3 is 19.8 Å². The lowest BCUT2D eigenvalue weighted by molar-refractivity contribution is -0.156. The molecule has 7 nitrogen and oxygen atoms in total. The standard InChI is InChI=1S/C21H26N2O5/c1-5-15-8-10-16(11-9-15)22-19(24)14(4)28-21(26)18(13(2)3)23-20(25)17-7-6-12-27-17/h6-14,18H,5H2,1-4H3,(H,22,24)(H,23,25)/t14-,18+/m1/s1. The number of amides is 2. The molecule has 2 amide bonds. The summed E-state index contributed by atoms with van der Waals surface area (Å²) in [5.41, 5.74) is 1.78. The fraction of sp³-hybridized carbons (Fsp3) is 0.381. The Labute approximate surface area is 164 Å². The van der Waals surface area contributed by atoms with Crippen molar-refractivity contribution in [3.05, 3.63) is 54.0 Å². The van der Waals surface area contributed by atoms with Crippen LogP contribution in [0.25, 0.3) is 0 Å². The van der Waals surface area contributed by atoms with Gasteiger partial charge in [0.1, 0.15) is 6.04 Å². The van der Waals surface area contributed by atoms with E-state index in [4.69, 9.17) is 9.15 Å². The van der Waals surface area contributed by atoms with Crippen LogP contribution in [0.5, 0.6) is 0 Å². The second-order valence-corrected chi connectivity index (χ2v) is 6.79. The van der Waals surface area contributed by atoms with Crippen LogP contribution in [-0.2, 0) is 20.7 Å². The van der Waals surface area contributed by atoms with Gasteiger partial charge in [0.2, 0.25) is 0 Å². The predicted molar refractivity (Wildman–Crippen MR) is 105 cm³/mol. The summed E-state index contributed by atoms with van der Waals surface area (Å²) in [6.45, 7) is 7.08. The summed E-state index contributed by atoms with van der Waals surface area (Å²) in [4.78, 5) is 37.0. The number of benzene rings is 1. The third kappa shape index (κ3) is 5.70. The lowest BCUT2D eigenvalue weighted by Crippen LogP contribution is -2.47. The average molecular weight is 386 g/mol. The molecular formula is C21H26N2O5. The number of rotatable bonds is 8. The molecule has 0 bridgehead atoms. The second-order valence-electron chi connectivity index (χ2n) is 6.79. The number of nitrogens with one attached hydrogen (secondary N) is 2. The Bertz CT molecular complexity index is 797. The van der Waals surface area contributed by atoms with E-state index in [1.54, 1.807) is 32.0 Å². The summed E-state index contributed by atoms with van der Waals surface area (Å²) < 4.78 is 10.3. The zero-order valence-corrected chi connectivity index (χ0v) is 16.5. The first-order chi connectivity index (χ1) is 13.3. The first-order valence-electron chi connectivity index (χ1n) is 9.26. The van der Waals surface area contributed by atoms with Gasteiger partial charge in [-0.15, -0.1) is 0 Å².